The van der Waals surface area contributed by atoms with Gasteiger partial charge in [-0.1, -0.05) is 18.2 Å². The summed E-state index contributed by atoms with van der Waals surface area (Å²) >= 11 is 0. The number of amides is 2. The van der Waals surface area contributed by atoms with E-state index < -0.39 is 0 Å². The summed E-state index contributed by atoms with van der Waals surface area (Å²) in [6, 6.07) is 8.75. The molecule has 26 heavy (non-hydrogen) atoms. The smallest absolute Gasteiger partial charge is 0.410 e. The lowest BCUT2D eigenvalue weighted by Gasteiger charge is -2.35. The van der Waals surface area contributed by atoms with Crippen molar-refractivity contribution in [3.05, 3.63) is 36.0 Å². The molecular formula is C19H21N3O4. The summed E-state index contributed by atoms with van der Waals surface area (Å²) in [6.45, 7) is 3.64. The Morgan fingerprint density at radius 2 is 2.00 bits per heavy atom. The highest BCUT2D eigenvalue weighted by Crippen LogP contribution is 2.25. The number of cyclic esters (lactones) is 1. The van der Waals surface area contributed by atoms with Crippen molar-refractivity contribution in [2.45, 2.75) is 31.9 Å². The van der Waals surface area contributed by atoms with Crippen molar-refractivity contribution in [3.8, 4) is 5.75 Å². The number of carbonyl (C=O) groups is 2. The summed E-state index contributed by atoms with van der Waals surface area (Å²) in [5.41, 5.74) is 0.758. The average Bonchev–Trinajstić information content (AvgIpc) is 2.99. The van der Waals surface area contributed by atoms with Crippen LogP contribution in [0.15, 0.2) is 30.3 Å². The van der Waals surface area contributed by atoms with E-state index in [0.29, 0.717) is 30.8 Å². The van der Waals surface area contributed by atoms with Crippen LogP contribution in [0.3, 0.4) is 0 Å². The van der Waals surface area contributed by atoms with Crippen LogP contribution in [-0.2, 0) is 4.74 Å². The molecule has 2 fully saturated rings. The monoisotopic (exact) mass is 355 g/mol. The summed E-state index contributed by atoms with van der Waals surface area (Å²) in [5, 5.41) is 10.7. The second-order valence-corrected chi connectivity index (χ2v) is 6.92. The third-order valence-electron chi connectivity index (χ3n) is 5.10. The quantitative estimate of drug-likeness (QED) is 0.894. The lowest BCUT2D eigenvalue weighted by Crippen LogP contribution is -2.47. The van der Waals surface area contributed by atoms with Gasteiger partial charge in [0, 0.05) is 24.5 Å². The van der Waals surface area contributed by atoms with Gasteiger partial charge in [-0.25, -0.2) is 9.78 Å². The Kier molecular flexibility index (Phi) is 4.14. The van der Waals surface area contributed by atoms with E-state index in [1.165, 1.54) is 0 Å². The molecule has 2 aliphatic heterocycles. The topological polar surface area (TPSA) is 83.0 Å². The molecule has 2 amide bonds. The summed E-state index contributed by atoms with van der Waals surface area (Å²) in [5.74, 6) is -0.0801. The molecule has 0 aliphatic carbocycles. The van der Waals surface area contributed by atoms with Crippen LogP contribution in [0.2, 0.25) is 0 Å². The highest BCUT2D eigenvalue weighted by atomic mass is 16.6. The number of aromatic hydroxyl groups is 1. The maximum absolute atomic E-state index is 12.8. The van der Waals surface area contributed by atoms with Crippen molar-refractivity contribution < 1.29 is 19.4 Å². The zero-order valence-corrected chi connectivity index (χ0v) is 14.6. The first-order valence-corrected chi connectivity index (χ1v) is 8.88. The van der Waals surface area contributed by atoms with E-state index in [1.54, 1.807) is 34.1 Å². The van der Waals surface area contributed by atoms with E-state index in [1.807, 2.05) is 13.0 Å². The molecule has 2 aromatic rings. The fourth-order valence-electron chi connectivity index (χ4n) is 3.72. The van der Waals surface area contributed by atoms with Gasteiger partial charge in [0.1, 0.15) is 23.1 Å². The van der Waals surface area contributed by atoms with Crippen molar-refractivity contribution in [2.24, 2.45) is 0 Å². The molecule has 1 unspecified atom stereocenters. The molecule has 0 saturated carbocycles. The zero-order chi connectivity index (χ0) is 18.3. The third kappa shape index (κ3) is 2.94. The average molecular weight is 355 g/mol. The number of nitrogens with zero attached hydrogens (tertiary/aromatic N) is 3. The lowest BCUT2D eigenvalue weighted by atomic mass is 10.0. The highest BCUT2D eigenvalue weighted by Gasteiger charge is 2.36. The summed E-state index contributed by atoms with van der Waals surface area (Å²) in [4.78, 5) is 32.5. The van der Waals surface area contributed by atoms with Gasteiger partial charge in [0.25, 0.3) is 5.91 Å². The molecular weight excluding hydrogens is 334 g/mol. The molecule has 2 saturated heterocycles. The Morgan fingerprint density at radius 1 is 1.23 bits per heavy atom. The van der Waals surface area contributed by atoms with Crippen LogP contribution < -0.4 is 0 Å². The molecule has 3 heterocycles. The first-order chi connectivity index (χ1) is 12.5. The fourth-order valence-corrected chi connectivity index (χ4v) is 3.72. The van der Waals surface area contributed by atoms with Gasteiger partial charge in [-0.2, -0.15) is 0 Å². The van der Waals surface area contributed by atoms with E-state index >= 15 is 0 Å². The maximum Gasteiger partial charge on any atom is 0.410 e. The predicted octanol–water partition coefficient (Wildman–Crippen LogP) is 2.39. The normalized spacial score (nSPS) is 21.3. The van der Waals surface area contributed by atoms with Crippen LogP contribution in [-0.4, -0.2) is 63.7 Å². The Morgan fingerprint density at radius 3 is 2.69 bits per heavy atom. The van der Waals surface area contributed by atoms with Crippen LogP contribution in [0, 0.1) is 0 Å². The second kappa shape index (κ2) is 6.48. The number of ether oxygens (including phenoxy) is 1. The van der Waals surface area contributed by atoms with Crippen molar-refractivity contribution in [2.75, 3.05) is 19.6 Å². The molecule has 1 aromatic carbocycles. The number of likely N-dealkylation sites (tertiary alicyclic amines) is 1. The van der Waals surface area contributed by atoms with Crippen LogP contribution in [0.4, 0.5) is 4.79 Å². The number of hydrogen-bond donors (Lipinski definition) is 1. The number of piperidine rings is 1. The van der Waals surface area contributed by atoms with Crippen LogP contribution in [0.25, 0.3) is 10.9 Å². The van der Waals surface area contributed by atoms with Gasteiger partial charge in [-0.15, -0.1) is 0 Å². The number of carbonyl (C=O) groups excluding carboxylic acids is 2. The first-order valence-electron chi connectivity index (χ1n) is 8.88. The Balaban J connectivity index is 1.45. The lowest BCUT2D eigenvalue weighted by molar-refractivity contribution is 0.0653. The number of phenols is 1. The van der Waals surface area contributed by atoms with Gasteiger partial charge in [0.15, 0.2) is 0 Å². The molecule has 1 aromatic heterocycles. The van der Waals surface area contributed by atoms with Gasteiger partial charge >= 0.3 is 6.09 Å². The van der Waals surface area contributed by atoms with E-state index in [0.717, 1.165) is 18.2 Å². The SMILES string of the molecule is CC1CN(C2CCN(C(=O)c3ccc4cccc(O)c4n3)CC2)C(=O)O1. The number of para-hydroxylation sites is 1. The van der Waals surface area contributed by atoms with Gasteiger partial charge in [0.2, 0.25) is 0 Å². The maximum atomic E-state index is 12.8. The number of benzene rings is 1. The van der Waals surface area contributed by atoms with Gasteiger partial charge in [-0.3, -0.25) is 4.79 Å². The minimum atomic E-state index is -0.256. The van der Waals surface area contributed by atoms with Gasteiger partial charge in [0.05, 0.1) is 6.54 Å². The van der Waals surface area contributed by atoms with Crippen molar-refractivity contribution in [1.29, 1.82) is 0 Å². The zero-order valence-electron chi connectivity index (χ0n) is 14.6. The Bertz CT molecular complexity index is 861. The van der Waals surface area contributed by atoms with Crippen molar-refractivity contribution >= 4 is 22.9 Å². The van der Waals surface area contributed by atoms with Gasteiger partial charge < -0.3 is 19.6 Å². The number of aromatic nitrogens is 1. The molecule has 136 valence electrons. The number of hydrogen-bond acceptors (Lipinski definition) is 5. The molecule has 0 bridgehead atoms. The predicted molar refractivity (Wildman–Crippen MR) is 95.0 cm³/mol. The second-order valence-electron chi connectivity index (χ2n) is 6.92. The van der Waals surface area contributed by atoms with E-state index in [-0.39, 0.29) is 29.9 Å². The van der Waals surface area contributed by atoms with Crippen LogP contribution in [0.1, 0.15) is 30.3 Å². The van der Waals surface area contributed by atoms with Gasteiger partial charge in [-0.05, 0) is 31.9 Å². The fraction of sp³-hybridized carbons (Fsp3) is 0.421. The molecule has 0 spiro atoms. The number of fused-ring (bicyclic) bond motifs is 1. The van der Waals surface area contributed by atoms with Crippen molar-refractivity contribution in [3.63, 3.8) is 0 Å². The molecule has 1 N–H and O–H groups in total. The highest BCUT2D eigenvalue weighted by molar-refractivity contribution is 5.96. The summed E-state index contributed by atoms with van der Waals surface area (Å²) < 4.78 is 5.20. The standard InChI is InChI=1S/C19H21N3O4/c1-12-11-22(19(25)26-12)14-7-9-21(10-8-14)18(24)15-6-5-13-3-2-4-16(23)17(13)20-15/h2-6,12,14,23H,7-11H2,1H3. The van der Waals surface area contributed by atoms with Crippen LogP contribution in [0.5, 0.6) is 5.75 Å². The summed E-state index contributed by atoms with van der Waals surface area (Å²) in [6.07, 6.45) is 1.13. The molecule has 7 heteroatoms. The minimum absolute atomic E-state index is 0.0672. The molecule has 7 nitrogen and oxygen atoms in total. The van der Waals surface area contributed by atoms with E-state index in [9.17, 15) is 14.7 Å². The largest absolute Gasteiger partial charge is 0.506 e. The Labute approximate surface area is 151 Å². The molecule has 1 atom stereocenters. The van der Waals surface area contributed by atoms with E-state index in [4.69, 9.17) is 4.74 Å². The third-order valence-corrected chi connectivity index (χ3v) is 5.10. The Hall–Kier alpha value is -2.83. The molecule has 0 radical (unpaired) electrons. The number of pyridine rings is 1. The van der Waals surface area contributed by atoms with Crippen molar-refractivity contribution in [1.82, 2.24) is 14.8 Å². The first kappa shape index (κ1) is 16.6. The van der Waals surface area contributed by atoms with Crippen LogP contribution >= 0.6 is 0 Å². The summed E-state index contributed by atoms with van der Waals surface area (Å²) in [7, 11) is 0. The minimum Gasteiger partial charge on any atom is -0.506 e. The number of phenolic OH excluding ortho intramolecular Hbond substituents is 1. The molecule has 4 rings (SSSR count). The van der Waals surface area contributed by atoms with E-state index in [2.05, 4.69) is 4.98 Å². The number of rotatable bonds is 2. The molecule has 2 aliphatic rings.